The molecule has 0 rings (SSSR count). The Hall–Kier alpha value is -1.07. The third-order valence-electron chi connectivity index (χ3n) is 0.718. The van der Waals surface area contributed by atoms with E-state index in [1.54, 1.807) is 0 Å². The van der Waals surface area contributed by atoms with Crippen LogP contribution in [0.3, 0.4) is 0 Å². The SMILES string of the molecule is C=C(OO)C(N)C(=O)[O-]. The standard InChI is InChI=1S/C4H7NO4/c1-2(9-8)3(5)4(6)7/h3,8H,1,5H2,(H,6,7)/p-1. The molecule has 0 aliphatic heterocycles. The van der Waals surface area contributed by atoms with Gasteiger partial charge in [-0.05, 0) is 0 Å². The van der Waals surface area contributed by atoms with E-state index < -0.39 is 17.8 Å². The second kappa shape index (κ2) is 3.06. The Morgan fingerprint density at radius 2 is 2.33 bits per heavy atom. The molecule has 0 aromatic heterocycles. The van der Waals surface area contributed by atoms with E-state index in [9.17, 15) is 9.90 Å². The van der Waals surface area contributed by atoms with Crippen molar-refractivity contribution in [1.82, 2.24) is 0 Å². The number of nitrogens with two attached hydrogens (primary N) is 1. The summed E-state index contributed by atoms with van der Waals surface area (Å²) in [6, 6.07) is -1.48. The van der Waals surface area contributed by atoms with Crippen molar-refractivity contribution in [3.05, 3.63) is 12.3 Å². The zero-order valence-electron chi connectivity index (χ0n) is 4.53. The van der Waals surface area contributed by atoms with E-state index >= 15 is 0 Å². The molecule has 0 radical (unpaired) electrons. The lowest BCUT2D eigenvalue weighted by atomic mass is 10.3. The maximum absolute atomic E-state index is 9.81. The number of carboxylic acid groups (broad SMARTS) is 1. The fourth-order valence-corrected chi connectivity index (χ4v) is 0.188. The van der Waals surface area contributed by atoms with Crippen molar-refractivity contribution in [3.63, 3.8) is 0 Å². The molecule has 5 nitrogen and oxygen atoms in total. The van der Waals surface area contributed by atoms with Crippen LogP contribution < -0.4 is 10.8 Å². The van der Waals surface area contributed by atoms with E-state index in [0.717, 1.165) is 0 Å². The Bertz CT molecular complexity index is 133. The highest BCUT2D eigenvalue weighted by molar-refractivity contribution is 5.74. The van der Waals surface area contributed by atoms with Crippen molar-refractivity contribution in [1.29, 1.82) is 0 Å². The van der Waals surface area contributed by atoms with Crippen molar-refractivity contribution >= 4 is 5.97 Å². The quantitative estimate of drug-likeness (QED) is 0.265. The van der Waals surface area contributed by atoms with E-state index in [1.807, 2.05) is 0 Å². The van der Waals surface area contributed by atoms with Crippen LogP contribution in [0.2, 0.25) is 0 Å². The molecule has 1 atom stereocenters. The normalized spacial score (nSPS) is 12.2. The summed E-state index contributed by atoms with van der Waals surface area (Å²) in [6.07, 6.45) is 0. The van der Waals surface area contributed by atoms with Crippen molar-refractivity contribution < 1.29 is 20.0 Å². The van der Waals surface area contributed by atoms with Crippen LogP contribution in [0.5, 0.6) is 0 Å². The van der Waals surface area contributed by atoms with Crippen LogP contribution >= 0.6 is 0 Å². The number of rotatable bonds is 3. The van der Waals surface area contributed by atoms with Gasteiger partial charge < -0.3 is 20.5 Å². The summed E-state index contributed by atoms with van der Waals surface area (Å²) in [5.74, 6) is -2.00. The number of hydrogen-bond donors (Lipinski definition) is 2. The van der Waals surface area contributed by atoms with Gasteiger partial charge in [0.25, 0.3) is 0 Å². The molecule has 0 heterocycles. The van der Waals surface area contributed by atoms with Gasteiger partial charge in [-0.2, -0.15) is 0 Å². The molecule has 0 saturated heterocycles. The Balaban J connectivity index is 3.88. The monoisotopic (exact) mass is 132 g/mol. The molecular weight excluding hydrogens is 126 g/mol. The topological polar surface area (TPSA) is 95.6 Å². The molecule has 0 amide bonds. The molecule has 0 aliphatic carbocycles. The maximum atomic E-state index is 9.81. The molecule has 0 spiro atoms. The minimum atomic E-state index is -1.55. The molecule has 52 valence electrons. The van der Waals surface area contributed by atoms with Gasteiger partial charge in [0.1, 0.15) is 6.04 Å². The number of aliphatic carboxylic acids is 1. The molecule has 5 heteroatoms. The summed E-state index contributed by atoms with van der Waals surface area (Å²) in [7, 11) is 0. The lowest BCUT2D eigenvalue weighted by Crippen LogP contribution is -2.43. The van der Waals surface area contributed by atoms with Gasteiger partial charge in [0.15, 0.2) is 5.76 Å². The minimum Gasteiger partial charge on any atom is -0.548 e. The summed E-state index contributed by atoms with van der Waals surface area (Å²) < 4.78 is 0. The van der Waals surface area contributed by atoms with E-state index in [-0.39, 0.29) is 0 Å². The van der Waals surface area contributed by atoms with Crippen molar-refractivity contribution in [2.75, 3.05) is 0 Å². The molecule has 3 N–H and O–H groups in total. The second-order valence-electron chi connectivity index (χ2n) is 1.35. The number of carbonyl (C=O) groups is 1. The first-order valence-electron chi connectivity index (χ1n) is 2.06. The average Bonchev–Trinajstić information content (AvgIpc) is 1.84. The van der Waals surface area contributed by atoms with Crippen molar-refractivity contribution in [2.45, 2.75) is 6.04 Å². The second-order valence-corrected chi connectivity index (χ2v) is 1.35. The third kappa shape index (κ3) is 2.11. The molecule has 0 fully saturated rings. The predicted octanol–water partition coefficient (Wildman–Crippen LogP) is -1.93. The number of carboxylic acids is 1. The highest BCUT2D eigenvalue weighted by atomic mass is 17.1. The van der Waals surface area contributed by atoms with Gasteiger partial charge in [0.2, 0.25) is 0 Å². The zero-order valence-corrected chi connectivity index (χ0v) is 4.53. The van der Waals surface area contributed by atoms with E-state index in [2.05, 4.69) is 11.5 Å². The summed E-state index contributed by atoms with van der Waals surface area (Å²) in [4.78, 5) is 13.2. The Labute approximate surface area is 51.3 Å². The smallest absolute Gasteiger partial charge is 0.157 e. The van der Waals surface area contributed by atoms with Gasteiger partial charge in [-0.25, -0.2) is 5.26 Å². The van der Waals surface area contributed by atoms with Crippen LogP contribution in [0.4, 0.5) is 0 Å². The first kappa shape index (κ1) is 7.93. The molecule has 0 aliphatic rings. The van der Waals surface area contributed by atoms with E-state index in [4.69, 9.17) is 11.0 Å². The van der Waals surface area contributed by atoms with E-state index in [1.165, 1.54) is 0 Å². The van der Waals surface area contributed by atoms with Gasteiger partial charge in [0.05, 0.1) is 5.97 Å². The van der Waals surface area contributed by atoms with Crippen LogP contribution in [0, 0.1) is 0 Å². The van der Waals surface area contributed by atoms with Crippen LogP contribution in [-0.2, 0) is 9.68 Å². The fourth-order valence-electron chi connectivity index (χ4n) is 0.188. The van der Waals surface area contributed by atoms with Gasteiger partial charge in [-0.3, -0.25) is 0 Å². The van der Waals surface area contributed by atoms with Gasteiger partial charge >= 0.3 is 0 Å². The Kier molecular flexibility index (Phi) is 2.69. The first-order valence-corrected chi connectivity index (χ1v) is 2.06. The molecule has 0 saturated carbocycles. The summed E-state index contributed by atoms with van der Waals surface area (Å²) >= 11 is 0. The molecule has 0 bridgehead atoms. The summed E-state index contributed by atoms with van der Waals surface area (Å²) in [5.41, 5.74) is 4.82. The molecule has 1 unspecified atom stereocenters. The van der Waals surface area contributed by atoms with Crippen LogP contribution in [0.15, 0.2) is 12.3 Å². The zero-order chi connectivity index (χ0) is 7.44. The number of hydrogen-bond acceptors (Lipinski definition) is 5. The average molecular weight is 132 g/mol. The third-order valence-corrected chi connectivity index (χ3v) is 0.718. The van der Waals surface area contributed by atoms with Crippen LogP contribution in [-0.4, -0.2) is 17.3 Å². The lowest BCUT2D eigenvalue weighted by molar-refractivity contribution is -0.309. The molecular formula is C4H6NO4-. The highest BCUT2D eigenvalue weighted by Gasteiger charge is 2.08. The number of carbonyl (C=O) groups excluding carboxylic acids is 1. The predicted molar refractivity (Wildman–Crippen MR) is 25.8 cm³/mol. The van der Waals surface area contributed by atoms with Gasteiger partial charge in [-0.15, -0.1) is 0 Å². The fraction of sp³-hybridized carbons (Fsp3) is 0.250. The van der Waals surface area contributed by atoms with Gasteiger partial charge in [0, 0.05) is 0 Å². The molecule has 0 aromatic rings. The highest BCUT2D eigenvalue weighted by Crippen LogP contribution is 1.93. The minimum absolute atomic E-state index is 0.449. The van der Waals surface area contributed by atoms with Crippen molar-refractivity contribution in [2.24, 2.45) is 5.73 Å². The summed E-state index contributed by atoms with van der Waals surface area (Å²) in [6.45, 7) is 2.98. The largest absolute Gasteiger partial charge is 0.548 e. The van der Waals surface area contributed by atoms with Crippen LogP contribution in [0.25, 0.3) is 0 Å². The lowest BCUT2D eigenvalue weighted by Gasteiger charge is -2.10. The van der Waals surface area contributed by atoms with Crippen molar-refractivity contribution in [3.8, 4) is 0 Å². The molecule has 0 aromatic carbocycles. The van der Waals surface area contributed by atoms with Gasteiger partial charge in [-0.1, -0.05) is 6.58 Å². The van der Waals surface area contributed by atoms with E-state index in [0.29, 0.717) is 0 Å². The Morgan fingerprint density at radius 1 is 1.89 bits per heavy atom. The Morgan fingerprint density at radius 3 is 2.44 bits per heavy atom. The first-order chi connectivity index (χ1) is 4.09. The molecule has 9 heavy (non-hydrogen) atoms. The van der Waals surface area contributed by atoms with Crippen LogP contribution in [0.1, 0.15) is 0 Å². The maximum Gasteiger partial charge on any atom is 0.157 e. The summed E-state index contributed by atoms with van der Waals surface area (Å²) in [5, 5.41) is 17.6.